The van der Waals surface area contributed by atoms with Gasteiger partial charge in [0.1, 0.15) is 11.9 Å². The monoisotopic (exact) mass is 266 g/mol. The van der Waals surface area contributed by atoms with Crippen LogP contribution < -0.4 is 4.90 Å². The smallest absolute Gasteiger partial charge is 0.328 e. The molecule has 0 radical (unpaired) electrons. The fourth-order valence-electron chi connectivity index (χ4n) is 1.95. The van der Waals surface area contributed by atoms with E-state index in [2.05, 4.69) is 4.98 Å². The Labute approximate surface area is 116 Å². The number of anilines is 1. The van der Waals surface area contributed by atoms with Crippen LogP contribution in [0.2, 0.25) is 0 Å². The molecule has 0 aliphatic carbocycles. The Bertz CT molecular complexity index is 341. The summed E-state index contributed by atoms with van der Waals surface area (Å²) in [5, 5.41) is 0. The Kier molecular flexibility index (Phi) is 9.49. The summed E-state index contributed by atoms with van der Waals surface area (Å²) in [6, 6.07) is 5.55. The van der Waals surface area contributed by atoms with Crippen LogP contribution in [0.4, 0.5) is 5.82 Å². The molecular weight excluding hydrogens is 240 g/mol. The second kappa shape index (κ2) is 10.4. The molecule has 0 aromatic carbocycles. The van der Waals surface area contributed by atoms with Gasteiger partial charge in [0, 0.05) is 12.7 Å². The lowest BCUT2D eigenvalue weighted by molar-refractivity contribution is -0.141. The van der Waals surface area contributed by atoms with Gasteiger partial charge in [-0.2, -0.15) is 0 Å². The van der Waals surface area contributed by atoms with E-state index in [4.69, 9.17) is 4.74 Å². The average molecular weight is 266 g/mol. The molecular formula is C15H26N2O2. The van der Waals surface area contributed by atoms with E-state index in [-0.39, 0.29) is 12.0 Å². The maximum atomic E-state index is 11.5. The quantitative estimate of drug-likeness (QED) is 0.770. The Morgan fingerprint density at radius 1 is 1.32 bits per heavy atom. The van der Waals surface area contributed by atoms with E-state index in [0.29, 0.717) is 0 Å². The molecule has 0 amide bonds. The van der Waals surface area contributed by atoms with Gasteiger partial charge in [-0.15, -0.1) is 0 Å². The first-order valence-electron chi connectivity index (χ1n) is 7.08. The molecule has 0 spiro atoms. The zero-order chi connectivity index (χ0) is 14.7. The van der Waals surface area contributed by atoms with E-state index < -0.39 is 0 Å². The summed E-state index contributed by atoms with van der Waals surface area (Å²) in [6.07, 6.45) is 3.60. The minimum absolute atomic E-state index is 0.162. The number of aromatic nitrogens is 1. The Morgan fingerprint density at radius 3 is 2.53 bits per heavy atom. The third kappa shape index (κ3) is 4.89. The molecule has 0 saturated carbocycles. The van der Waals surface area contributed by atoms with Crippen LogP contribution in [0.5, 0.6) is 0 Å². The Morgan fingerprint density at radius 2 is 2.00 bits per heavy atom. The van der Waals surface area contributed by atoms with E-state index in [1.807, 2.05) is 50.8 Å². The molecule has 0 N–H and O–H groups in total. The predicted molar refractivity (Wildman–Crippen MR) is 79.3 cm³/mol. The molecule has 4 heteroatoms. The highest BCUT2D eigenvalue weighted by Crippen LogP contribution is 2.23. The lowest BCUT2D eigenvalue weighted by Gasteiger charge is -2.23. The largest absolute Gasteiger partial charge is 0.467 e. The molecule has 1 unspecified atom stereocenters. The predicted octanol–water partition coefficient (Wildman–Crippen LogP) is 3.28. The summed E-state index contributed by atoms with van der Waals surface area (Å²) in [4.78, 5) is 17.8. The number of carbonyl (C=O) groups is 1. The van der Waals surface area contributed by atoms with Crippen molar-refractivity contribution in [2.75, 3.05) is 18.6 Å². The molecule has 4 nitrogen and oxygen atoms in total. The standard InChI is InChI=1S/C11H14N2O2.2C2H6/c1-15-11(14)9-5-4-8-13(9)10-6-2-3-7-12-10;2*1-2/h2-3,6-7,9H,4-5,8H2,1H3;2*1-2H3. The van der Waals surface area contributed by atoms with Crippen molar-refractivity contribution in [1.29, 1.82) is 0 Å². The summed E-state index contributed by atoms with van der Waals surface area (Å²) >= 11 is 0. The maximum absolute atomic E-state index is 11.5. The van der Waals surface area contributed by atoms with Gasteiger partial charge < -0.3 is 9.64 Å². The first-order valence-corrected chi connectivity index (χ1v) is 7.08. The van der Waals surface area contributed by atoms with Gasteiger partial charge in [0.2, 0.25) is 0 Å². The lowest BCUT2D eigenvalue weighted by atomic mass is 10.2. The molecule has 0 bridgehead atoms. The SMILES string of the molecule is CC.CC.COC(=O)C1CCCN1c1ccccn1. The molecule has 1 saturated heterocycles. The van der Waals surface area contributed by atoms with Gasteiger partial charge in [0.15, 0.2) is 0 Å². The average Bonchev–Trinajstić information content (AvgIpc) is 3.01. The first kappa shape index (κ1) is 17.4. The number of pyridine rings is 1. The van der Waals surface area contributed by atoms with Crippen molar-refractivity contribution in [3.05, 3.63) is 24.4 Å². The third-order valence-electron chi connectivity index (χ3n) is 2.67. The van der Waals surface area contributed by atoms with Crippen molar-refractivity contribution >= 4 is 11.8 Å². The van der Waals surface area contributed by atoms with Crippen LogP contribution in [0.3, 0.4) is 0 Å². The molecule has 1 fully saturated rings. The molecule has 1 aromatic heterocycles. The van der Waals surface area contributed by atoms with Crippen LogP contribution in [0.15, 0.2) is 24.4 Å². The van der Waals surface area contributed by atoms with Gasteiger partial charge in [0.05, 0.1) is 7.11 Å². The van der Waals surface area contributed by atoms with E-state index in [1.54, 1.807) is 6.20 Å². The van der Waals surface area contributed by atoms with Crippen molar-refractivity contribution in [2.24, 2.45) is 0 Å². The molecule has 1 atom stereocenters. The number of rotatable bonds is 2. The van der Waals surface area contributed by atoms with Gasteiger partial charge >= 0.3 is 5.97 Å². The van der Waals surface area contributed by atoms with Crippen LogP contribution in [-0.4, -0.2) is 30.6 Å². The Hall–Kier alpha value is -1.58. The number of methoxy groups -OCH3 is 1. The molecule has 1 aliphatic rings. The normalized spacial score (nSPS) is 16.7. The van der Waals surface area contributed by atoms with Crippen molar-refractivity contribution in [2.45, 2.75) is 46.6 Å². The van der Waals surface area contributed by atoms with Crippen molar-refractivity contribution in [3.8, 4) is 0 Å². The van der Waals surface area contributed by atoms with Gasteiger partial charge in [-0.05, 0) is 25.0 Å². The fraction of sp³-hybridized carbons (Fsp3) is 0.600. The van der Waals surface area contributed by atoms with Gasteiger partial charge in [-0.25, -0.2) is 9.78 Å². The van der Waals surface area contributed by atoms with Gasteiger partial charge in [-0.1, -0.05) is 33.8 Å². The van der Waals surface area contributed by atoms with Gasteiger partial charge in [-0.3, -0.25) is 0 Å². The molecule has 1 aromatic rings. The molecule has 19 heavy (non-hydrogen) atoms. The van der Waals surface area contributed by atoms with Crippen LogP contribution in [0.25, 0.3) is 0 Å². The minimum Gasteiger partial charge on any atom is -0.467 e. The van der Waals surface area contributed by atoms with Crippen molar-refractivity contribution in [1.82, 2.24) is 4.98 Å². The topological polar surface area (TPSA) is 42.4 Å². The van der Waals surface area contributed by atoms with E-state index >= 15 is 0 Å². The van der Waals surface area contributed by atoms with Crippen molar-refractivity contribution < 1.29 is 9.53 Å². The zero-order valence-electron chi connectivity index (χ0n) is 12.7. The number of ether oxygens (including phenoxy) is 1. The molecule has 2 heterocycles. The number of nitrogens with zero attached hydrogens (tertiary/aromatic N) is 2. The maximum Gasteiger partial charge on any atom is 0.328 e. The van der Waals surface area contributed by atoms with E-state index in [9.17, 15) is 4.79 Å². The summed E-state index contributed by atoms with van der Waals surface area (Å²) in [5.74, 6) is 0.684. The summed E-state index contributed by atoms with van der Waals surface area (Å²) in [6.45, 7) is 8.87. The second-order valence-corrected chi connectivity index (χ2v) is 3.56. The first-order chi connectivity index (χ1) is 9.33. The third-order valence-corrected chi connectivity index (χ3v) is 2.67. The fourth-order valence-corrected chi connectivity index (χ4v) is 1.95. The lowest BCUT2D eigenvalue weighted by Crippen LogP contribution is -2.37. The molecule has 2 rings (SSSR count). The highest BCUT2D eigenvalue weighted by molar-refractivity contribution is 5.80. The number of hydrogen-bond donors (Lipinski definition) is 0. The minimum atomic E-state index is -0.168. The summed E-state index contributed by atoms with van der Waals surface area (Å²) < 4.78 is 4.78. The van der Waals surface area contributed by atoms with Crippen LogP contribution >= 0.6 is 0 Å². The number of esters is 1. The van der Waals surface area contributed by atoms with Crippen LogP contribution in [-0.2, 0) is 9.53 Å². The van der Waals surface area contributed by atoms with Crippen LogP contribution in [0, 0.1) is 0 Å². The van der Waals surface area contributed by atoms with Crippen LogP contribution in [0.1, 0.15) is 40.5 Å². The Balaban J connectivity index is 0.000000741. The number of carbonyl (C=O) groups excluding carboxylic acids is 1. The van der Waals surface area contributed by atoms with Gasteiger partial charge in [0.25, 0.3) is 0 Å². The summed E-state index contributed by atoms with van der Waals surface area (Å²) in [7, 11) is 1.43. The van der Waals surface area contributed by atoms with Crippen molar-refractivity contribution in [3.63, 3.8) is 0 Å². The number of hydrogen-bond acceptors (Lipinski definition) is 4. The van der Waals surface area contributed by atoms with E-state index in [1.165, 1.54) is 7.11 Å². The highest BCUT2D eigenvalue weighted by atomic mass is 16.5. The highest BCUT2D eigenvalue weighted by Gasteiger charge is 2.32. The summed E-state index contributed by atoms with van der Waals surface area (Å²) in [5.41, 5.74) is 0. The molecule has 1 aliphatic heterocycles. The molecule has 108 valence electrons. The van der Waals surface area contributed by atoms with E-state index in [0.717, 1.165) is 25.2 Å². The second-order valence-electron chi connectivity index (χ2n) is 3.56. The zero-order valence-corrected chi connectivity index (χ0v) is 12.7.